The van der Waals surface area contributed by atoms with Crippen LogP contribution in [0.5, 0.6) is 0 Å². The topological polar surface area (TPSA) is 63.8 Å². The highest BCUT2D eigenvalue weighted by atomic mass is 35.5. The first-order valence-electron chi connectivity index (χ1n) is 4.86. The third-order valence-electron chi connectivity index (χ3n) is 1.95. The molecule has 0 aliphatic carbocycles. The average molecular weight is 239 g/mol. The fourth-order valence-electron chi connectivity index (χ4n) is 1.15. The summed E-state index contributed by atoms with van der Waals surface area (Å²) < 4.78 is 5.28. The zero-order valence-corrected chi connectivity index (χ0v) is 9.48. The molecule has 0 aliphatic rings. The van der Waals surface area contributed by atoms with Gasteiger partial charge in [0, 0.05) is 18.9 Å². The molecule has 1 unspecified atom stereocenters. The zero-order valence-electron chi connectivity index (χ0n) is 8.72. The Balaban J connectivity index is 1.95. The lowest BCUT2D eigenvalue weighted by atomic mass is 10.3. The number of halogens is 1. The van der Waals surface area contributed by atoms with Crippen molar-refractivity contribution < 1.29 is 4.42 Å². The minimum Gasteiger partial charge on any atom is -0.406 e. The maximum Gasteiger partial charge on any atom is 0.315 e. The molecule has 0 saturated carbocycles. The van der Waals surface area contributed by atoms with Gasteiger partial charge in [-0.05, 0) is 18.6 Å². The Morgan fingerprint density at radius 3 is 3.00 bits per heavy atom. The van der Waals surface area contributed by atoms with Crippen molar-refractivity contribution in [3.63, 3.8) is 0 Å². The van der Waals surface area contributed by atoms with E-state index in [0.29, 0.717) is 18.5 Å². The maximum absolute atomic E-state index is 5.80. The lowest BCUT2D eigenvalue weighted by Gasteiger charge is -2.00. The van der Waals surface area contributed by atoms with Crippen LogP contribution >= 0.6 is 11.6 Å². The number of hydrogen-bond donors (Lipinski definition) is 1. The van der Waals surface area contributed by atoms with E-state index in [9.17, 15) is 0 Å². The minimum atomic E-state index is -0.276. The largest absolute Gasteiger partial charge is 0.406 e. The normalized spacial score (nSPS) is 12.4. The van der Waals surface area contributed by atoms with Gasteiger partial charge in [0.05, 0.1) is 0 Å². The number of nitrogens with one attached hydrogen (secondary N) is 1. The van der Waals surface area contributed by atoms with Crippen molar-refractivity contribution in [1.29, 1.82) is 0 Å². The number of anilines is 1. The minimum absolute atomic E-state index is 0.276. The van der Waals surface area contributed by atoms with Gasteiger partial charge in [-0.3, -0.25) is 4.98 Å². The van der Waals surface area contributed by atoms with Crippen LogP contribution in [0.4, 0.5) is 6.01 Å². The Kier molecular flexibility index (Phi) is 3.36. The molecule has 0 bridgehead atoms. The van der Waals surface area contributed by atoms with Crippen molar-refractivity contribution in [3.05, 3.63) is 36.0 Å². The van der Waals surface area contributed by atoms with Crippen LogP contribution in [0.25, 0.3) is 0 Å². The molecular formula is C10H11ClN4O. The van der Waals surface area contributed by atoms with E-state index in [0.717, 1.165) is 5.56 Å². The van der Waals surface area contributed by atoms with E-state index in [-0.39, 0.29) is 5.38 Å². The summed E-state index contributed by atoms with van der Waals surface area (Å²) in [6, 6.07) is 4.20. The molecule has 0 saturated heterocycles. The molecule has 0 spiro atoms. The summed E-state index contributed by atoms with van der Waals surface area (Å²) >= 11 is 5.80. The molecule has 1 atom stereocenters. The van der Waals surface area contributed by atoms with E-state index in [1.54, 1.807) is 19.3 Å². The first-order valence-corrected chi connectivity index (χ1v) is 5.29. The summed E-state index contributed by atoms with van der Waals surface area (Å²) in [5.74, 6) is 0.412. The number of nitrogens with zero attached hydrogens (tertiary/aromatic N) is 3. The first-order chi connectivity index (χ1) is 7.75. The summed E-state index contributed by atoms with van der Waals surface area (Å²) in [6.07, 6.45) is 3.50. The predicted octanol–water partition coefficient (Wildman–Crippen LogP) is 2.38. The van der Waals surface area contributed by atoms with Crippen molar-refractivity contribution in [2.45, 2.75) is 18.8 Å². The molecule has 1 N–H and O–H groups in total. The van der Waals surface area contributed by atoms with Gasteiger partial charge in [0.25, 0.3) is 0 Å². The lowest BCUT2D eigenvalue weighted by molar-refractivity contribution is 0.505. The molecule has 16 heavy (non-hydrogen) atoms. The highest BCUT2D eigenvalue weighted by Gasteiger charge is 2.10. The van der Waals surface area contributed by atoms with Gasteiger partial charge in [0.2, 0.25) is 5.89 Å². The van der Waals surface area contributed by atoms with Gasteiger partial charge in [-0.15, -0.1) is 16.7 Å². The quantitative estimate of drug-likeness (QED) is 0.829. The average Bonchev–Trinajstić information content (AvgIpc) is 2.76. The second-order valence-electron chi connectivity index (χ2n) is 3.28. The van der Waals surface area contributed by atoms with Crippen molar-refractivity contribution >= 4 is 17.6 Å². The fourth-order valence-corrected chi connectivity index (χ4v) is 1.24. The van der Waals surface area contributed by atoms with Gasteiger partial charge in [0.1, 0.15) is 5.38 Å². The van der Waals surface area contributed by atoms with Crippen LogP contribution in [0.15, 0.2) is 28.9 Å². The Hall–Kier alpha value is -1.62. The van der Waals surface area contributed by atoms with E-state index in [1.807, 2.05) is 12.1 Å². The van der Waals surface area contributed by atoms with E-state index in [4.69, 9.17) is 16.0 Å². The predicted molar refractivity (Wildman–Crippen MR) is 60.1 cm³/mol. The molecule has 0 aliphatic heterocycles. The SMILES string of the molecule is CC(Cl)c1nnc(NCc2cccnc2)o1. The van der Waals surface area contributed by atoms with Crippen LogP contribution in [-0.2, 0) is 6.54 Å². The highest BCUT2D eigenvalue weighted by Crippen LogP contribution is 2.19. The second-order valence-corrected chi connectivity index (χ2v) is 3.93. The zero-order chi connectivity index (χ0) is 11.4. The number of aromatic nitrogens is 3. The maximum atomic E-state index is 5.80. The third kappa shape index (κ3) is 2.70. The summed E-state index contributed by atoms with van der Waals surface area (Å²) in [4.78, 5) is 4.00. The van der Waals surface area contributed by atoms with Crippen LogP contribution in [0.1, 0.15) is 23.8 Å². The highest BCUT2D eigenvalue weighted by molar-refractivity contribution is 6.20. The molecule has 0 amide bonds. The van der Waals surface area contributed by atoms with Gasteiger partial charge in [0.15, 0.2) is 0 Å². The molecule has 5 nitrogen and oxygen atoms in total. The molecule has 2 heterocycles. The molecular weight excluding hydrogens is 228 g/mol. The van der Waals surface area contributed by atoms with E-state index < -0.39 is 0 Å². The molecule has 2 aromatic rings. The monoisotopic (exact) mass is 238 g/mol. The van der Waals surface area contributed by atoms with E-state index >= 15 is 0 Å². The number of rotatable bonds is 4. The molecule has 6 heteroatoms. The Morgan fingerprint density at radius 1 is 1.50 bits per heavy atom. The van der Waals surface area contributed by atoms with Gasteiger partial charge < -0.3 is 9.73 Å². The number of pyridine rings is 1. The molecule has 0 fully saturated rings. The van der Waals surface area contributed by atoms with Gasteiger partial charge in [-0.25, -0.2) is 0 Å². The molecule has 0 aromatic carbocycles. The Morgan fingerprint density at radius 2 is 2.38 bits per heavy atom. The molecule has 0 radical (unpaired) electrons. The van der Waals surface area contributed by atoms with Crippen molar-refractivity contribution in [2.24, 2.45) is 0 Å². The second kappa shape index (κ2) is 4.94. The van der Waals surface area contributed by atoms with E-state index in [2.05, 4.69) is 20.5 Å². The van der Waals surface area contributed by atoms with Crippen LogP contribution in [0, 0.1) is 0 Å². The van der Waals surface area contributed by atoms with Gasteiger partial charge in [-0.1, -0.05) is 11.2 Å². The molecule has 84 valence electrons. The summed E-state index contributed by atoms with van der Waals surface area (Å²) in [5, 5.41) is 10.3. The summed E-state index contributed by atoms with van der Waals surface area (Å²) in [6.45, 7) is 2.37. The van der Waals surface area contributed by atoms with Crippen molar-refractivity contribution in [3.8, 4) is 0 Å². The fraction of sp³-hybridized carbons (Fsp3) is 0.300. The number of alkyl halides is 1. The Labute approximate surface area is 97.9 Å². The van der Waals surface area contributed by atoms with Crippen molar-refractivity contribution in [2.75, 3.05) is 5.32 Å². The van der Waals surface area contributed by atoms with Crippen molar-refractivity contribution in [1.82, 2.24) is 15.2 Å². The van der Waals surface area contributed by atoms with Crippen LogP contribution < -0.4 is 5.32 Å². The number of hydrogen-bond acceptors (Lipinski definition) is 5. The molecule has 2 aromatic heterocycles. The van der Waals surface area contributed by atoms with Gasteiger partial charge in [-0.2, -0.15) is 0 Å². The molecule has 2 rings (SSSR count). The summed E-state index contributed by atoms with van der Waals surface area (Å²) in [7, 11) is 0. The van der Waals surface area contributed by atoms with E-state index in [1.165, 1.54) is 0 Å². The lowest BCUT2D eigenvalue weighted by Crippen LogP contribution is -1.99. The Bertz CT molecular complexity index is 443. The first kappa shape index (κ1) is 10.9. The third-order valence-corrected chi connectivity index (χ3v) is 2.13. The van der Waals surface area contributed by atoms with Crippen LogP contribution in [0.2, 0.25) is 0 Å². The summed E-state index contributed by atoms with van der Waals surface area (Å²) in [5.41, 5.74) is 1.04. The smallest absolute Gasteiger partial charge is 0.315 e. The van der Waals surface area contributed by atoms with Crippen LogP contribution in [0.3, 0.4) is 0 Å². The standard InChI is InChI=1S/C10H11ClN4O/c1-7(11)9-14-15-10(16-9)13-6-8-3-2-4-12-5-8/h2-5,7H,6H2,1H3,(H,13,15). The van der Waals surface area contributed by atoms with Gasteiger partial charge >= 0.3 is 6.01 Å². The van der Waals surface area contributed by atoms with Crippen LogP contribution in [-0.4, -0.2) is 15.2 Å².